The van der Waals surface area contributed by atoms with Crippen LogP contribution in [0.15, 0.2) is 63.8 Å². The van der Waals surface area contributed by atoms with Gasteiger partial charge in [0.25, 0.3) is 0 Å². The fourth-order valence-electron chi connectivity index (χ4n) is 2.34. The molecule has 0 saturated carbocycles. The van der Waals surface area contributed by atoms with Gasteiger partial charge in [-0.05, 0) is 35.9 Å². The molecule has 0 saturated heterocycles. The van der Waals surface area contributed by atoms with Crippen molar-refractivity contribution in [2.45, 2.75) is 6.54 Å². The van der Waals surface area contributed by atoms with E-state index in [0.29, 0.717) is 12.1 Å². The van der Waals surface area contributed by atoms with Gasteiger partial charge in [-0.3, -0.25) is 0 Å². The first-order valence-electron chi connectivity index (χ1n) is 7.44. The normalized spacial score (nSPS) is 9.96. The quantitative estimate of drug-likeness (QED) is 0.472. The summed E-state index contributed by atoms with van der Waals surface area (Å²) in [4.78, 5) is 11.3. The molecule has 0 atom stereocenters. The van der Waals surface area contributed by atoms with E-state index in [9.17, 15) is 4.79 Å². The number of hydrogen-bond donors (Lipinski definition) is 2. The molecule has 0 aliphatic carbocycles. The van der Waals surface area contributed by atoms with Crippen molar-refractivity contribution in [2.24, 2.45) is 0 Å². The van der Waals surface area contributed by atoms with Gasteiger partial charge in [-0.15, -0.1) is 24.8 Å². The highest BCUT2D eigenvalue weighted by Gasteiger charge is 1.99. The first kappa shape index (κ1) is 21.3. The van der Waals surface area contributed by atoms with E-state index in [2.05, 4.69) is 10.6 Å². The van der Waals surface area contributed by atoms with Crippen molar-refractivity contribution in [3.63, 3.8) is 0 Å². The van der Waals surface area contributed by atoms with Gasteiger partial charge in [0.15, 0.2) is 0 Å². The summed E-state index contributed by atoms with van der Waals surface area (Å²) in [6.07, 6.45) is 0. The molecule has 0 fully saturated rings. The van der Waals surface area contributed by atoms with Gasteiger partial charge in [-0.1, -0.05) is 29.8 Å². The monoisotopic (exact) mass is 400 g/mol. The number of benzene rings is 2. The fraction of sp³-hybridized carbons (Fsp3) is 0.167. The van der Waals surface area contributed by atoms with E-state index in [1.807, 2.05) is 42.5 Å². The molecule has 0 aliphatic heterocycles. The second-order valence-electron chi connectivity index (χ2n) is 5.24. The Morgan fingerprint density at radius 1 is 0.960 bits per heavy atom. The lowest BCUT2D eigenvalue weighted by molar-refractivity contribution is 0.560. The average Bonchev–Trinajstić information content (AvgIpc) is 2.54. The van der Waals surface area contributed by atoms with Crippen LogP contribution < -0.4 is 16.3 Å². The molecule has 25 heavy (non-hydrogen) atoms. The van der Waals surface area contributed by atoms with Gasteiger partial charge in [0.1, 0.15) is 5.58 Å². The van der Waals surface area contributed by atoms with Crippen LogP contribution in [0.2, 0.25) is 5.02 Å². The summed E-state index contributed by atoms with van der Waals surface area (Å²) >= 11 is 5.94. The number of anilines is 1. The van der Waals surface area contributed by atoms with Crippen molar-refractivity contribution in [1.82, 2.24) is 5.32 Å². The highest BCUT2D eigenvalue weighted by atomic mass is 35.5. The lowest BCUT2D eigenvalue weighted by Crippen LogP contribution is -2.21. The van der Waals surface area contributed by atoms with Crippen LogP contribution in [-0.2, 0) is 6.54 Å². The second kappa shape index (κ2) is 10.3. The number of rotatable bonds is 6. The zero-order valence-corrected chi connectivity index (χ0v) is 15.7. The predicted octanol–water partition coefficient (Wildman–Crippen LogP) is 4.49. The van der Waals surface area contributed by atoms with Crippen LogP contribution in [0.3, 0.4) is 0 Å². The molecule has 4 nitrogen and oxygen atoms in total. The van der Waals surface area contributed by atoms with Gasteiger partial charge in [-0.25, -0.2) is 4.79 Å². The maximum atomic E-state index is 11.3. The van der Waals surface area contributed by atoms with Crippen molar-refractivity contribution in [3.05, 3.63) is 75.6 Å². The van der Waals surface area contributed by atoms with E-state index in [0.717, 1.165) is 34.7 Å². The Hall–Kier alpha value is -1.72. The smallest absolute Gasteiger partial charge is 0.336 e. The van der Waals surface area contributed by atoms with E-state index in [4.69, 9.17) is 16.0 Å². The lowest BCUT2D eigenvalue weighted by atomic mass is 10.1. The summed E-state index contributed by atoms with van der Waals surface area (Å²) < 4.78 is 5.19. The predicted molar refractivity (Wildman–Crippen MR) is 109 cm³/mol. The lowest BCUT2D eigenvalue weighted by Gasteiger charge is -2.08. The summed E-state index contributed by atoms with van der Waals surface area (Å²) in [6.45, 7) is 2.32. The molecule has 0 bridgehead atoms. The molecule has 2 aromatic carbocycles. The number of hydrogen-bond acceptors (Lipinski definition) is 4. The van der Waals surface area contributed by atoms with Crippen molar-refractivity contribution in [2.75, 3.05) is 18.4 Å². The maximum absolute atomic E-state index is 11.3. The molecule has 0 spiro atoms. The molecule has 0 radical (unpaired) electrons. The Morgan fingerprint density at radius 3 is 2.56 bits per heavy atom. The van der Waals surface area contributed by atoms with Crippen LogP contribution in [0.1, 0.15) is 5.56 Å². The highest BCUT2D eigenvalue weighted by Crippen LogP contribution is 2.15. The Bertz CT molecular complexity index is 868. The molecular weight excluding hydrogens is 383 g/mol. The topological polar surface area (TPSA) is 54.3 Å². The molecule has 3 rings (SSSR count). The molecule has 0 aliphatic rings. The summed E-state index contributed by atoms with van der Waals surface area (Å²) in [6, 6.07) is 16.7. The van der Waals surface area contributed by atoms with Gasteiger partial charge < -0.3 is 15.1 Å². The second-order valence-corrected chi connectivity index (χ2v) is 5.68. The number of halogens is 3. The first-order valence-corrected chi connectivity index (χ1v) is 7.81. The Labute approximate surface area is 163 Å². The highest BCUT2D eigenvalue weighted by molar-refractivity contribution is 6.30. The minimum Gasteiger partial charge on any atom is -0.423 e. The standard InChI is InChI=1S/C18H17ClN2O2.2ClH/c19-15-2-1-3-16(11-15)21-9-8-20-12-13-4-5-14-6-7-18(22)23-17(14)10-13;;/h1-7,10-11,20-21H,8-9,12H2;2*1H. The first-order chi connectivity index (χ1) is 11.2. The Kier molecular flexibility index (Phi) is 8.79. The molecule has 1 heterocycles. The number of fused-ring (bicyclic) bond motifs is 1. The molecule has 1 aromatic heterocycles. The molecular formula is C18H19Cl3N2O2. The Morgan fingerprint density at radius 2 is 1.76 bits per heavy atom. The molecule has 2 N–H and O–H groups in total. The summed E-state index contributed by atoms with van der Waals surface area (Å²) in [5.74, 6) is 0. The van der Waals surface area contributed by atoms with Crippen LogP contribution in [0, 0.1) is 0 Å². The third-order valence-corrected chi connectivity index (χ3v) is 3.71. The van der Waals surface area contributed by atoms with E-state index in [1.54, 1.807) is 6.07 Å². The van der Waals surface area contributed by atoms with Crippen molar-refractivity contribution in [1.29, 1.82) is 0 Å². The molecule has 7 heteroatoms. The fourth-order valence-corrected chi connectivity index (χ4v) is 2.53. The van der Waals surface area contributed by atoms with Gasteiger partial charge >= 0.3 is 5.63 Å². The third kappa shape index (κ3) is 6.25. The van der Waals surface area contributed by atoms with Crippen molar-refractivity contribution in [3.8, 4) is 0 Å². The van der Waals surface area contributed by atoms with Crippen LogP contribution in [0.5, 0.6) is 0 Å². The minimum absolute atomic E-state index is 0. The van der Waals surface area contributed by atoms with Crippen LogP contribution >= 0.6 is 36.4 Å². The van der Waals surface area contributed by atoms with E-state index < -0.39 is 0 Å². The zero-order valence-electron chi connectivity index (χ0n) is 13.3. The van der Waals surface area contributed by atoms with Crippen molar-refractivity contribution < 1.29 is 4.42 Å². The molecule has 0 unspecified atom stereocenters. The molecule has 0 amide bonds. The van der Waals surface area contributed by atoms with Gasteiger partial charge in [-0.2, -0.15) is 0 Å². The van der Waals surface area contributed by atoms with Crippen molar-refractivity contribution >= 4 is 53.1 Å². The van der Waals surface area contributed by atoms with Crippen LogP contribution in [0.4, 0.5) is 5.69 Å². The summed E-state index contributed by atoms with van der Waals surface area (Å²) in [5.41, 5.74) is 2.38. The average molecular weight is 402 g/mol. The maximum Gasteiger partial charge on any atom is 0.336 e. The van der Waals surface area contributed by atoms with Gasteiger partial charge in [0.2, 0.25) is 0 Å². The molecule has 134 valence electrons. The molecule has 3 aromatic rings. The summed E-state index contributed by atoms with van der Waals surface area (Å²) in [5, 5.41) is 8.30. The Balaban J connectivity index is 0.00000156. The van der Waals surface area contributed by atoms with E-state index >= 15 is 0 Å². The van der Waals surface area contributed by atoms with Gasteiger partial charge in [0, 0.05) is 41.8 Å². The zero-order chi connectivity index (χ0) is 16.1. The largest absolute Gasteiger partial charge is 0.423 e. The SMILES string of the molecule is Cl.Cl.O=c1ccc2ccc(CNCCNc3cccc(Cl)c3)cc2o1. The van der Waals surface area contributed by atoms with Crippen LogP contribution in [0.25, 0.3) is 11.0 Å². The van der Waals surface area contributed by atoms with E-state index in [1.165, 1.54) is 6.07 Å². The summed E-state index contributed by atoms with van der Waals surface area (Å²) in [7, 11) is 0. The van der Waals surface area contributed by atoms with Crippen LogP contribution in [-0.4, -0.2) is 13.1 Å². The van der Waals surface area contributed by atoms with Gasteiger partial charge in [0.05, 0.1) is 0 Å². The number of nitrogens with one attached hydrogen (secondary N) is 2. The minimum atomic E-state index is -0.326. The third-order valence-electron chi connectivity index (χ3n) is 3.47. The van der Waals surface area contributed by atoms with E-state index in [-0.39, 0.29) is 30.4 Å².